The van der Waals surface area contributed by atoms with E-state index >= 15 is 0 Å². The molecule has 0 fully saturated rings. The number of imidazole rings is 1. The Bertz CT molecular complexity index is 3140. The quantitative estimate of drug-likeness (QED) is 0.163. The molecule has 0 amide bonds. The summed E-state index contributed by atoms with van der Waals surface area (Å²) in [5, 5.41) is 2.42. The highest BCUT2D eigenvalue weighted by Gasteiger charge is 2.22. The minimum absolute atomic E-state index is 0.793. The maximum absolute atomic E-state index is 5.52. The van der Waals surface area contributed by atoms with Crippen LogP contribution in [0.4, 0.5) is 0 Å². The lowest BCUT2D eigenvalue weighted by atomic mass is 9.93. The molecule has 58 heavy (non-hydrogen) atoms. The number of fused-ring (bicyclic) bond motifs is 4. The molecule has 0 unspecified atom stereocenters. The van der Waals surface area contributed by atoms with E-state index in [0.717, 1.165) is 61.7 Å². The summed E-state index contributed by atoms with van der Waals surface area (Å²) in [5.41, 5.74) is 16.2. The minimum atomic E-state index is 0.793. The van der Waals surface area contributed by atoms with Crippen LogP contribution in [-0.4, -0.2) is 19.1 Å². The van der Waals surface area contributed by atoms with Gasteiger partial charge in [0.2, 0.25) is 0 Å². The van der Waals surface area contributed by atoms with Crippen LogP contribution in [0.3, 0.4) is 0 Å². The Kier molecular flexibility index (Phi) is 8.11. The number of rotatable bonds is 7. The molecule has 3 heterocycles. The van der Waals surface area contributed by atoms with E-state index in [1.807, 2.05) is 6.20 Å². The highest BCUT2D eigenvalue weighted by Crippen LogP contribution is 2.38. The molecule has 11 rings (SSSR count). The van der Waals surface area contributed by atoms with Gasteiger partial charge in [0.05, 0.1) is 16.7 Å². The maximum atomic E-state index is 5.52. The van der Waals surface area contributed by atoms with Crippen LogP contribution in [0.1, 0.15) is 0 Å². The molecule has 0 aliphatic carbocycles. The fourth-order valence-electron chi connectivity index (χ4n) is 8.42. The zero-order valence-electron chi connectivity index (χ0n) is 31.6. The lowest BCUT2D eigenvalue weighted by Gasteiger charge is -2.14. The lowest BCUT2D eigenvalue weighted by Crippen LogP contribution is -2.00. The Morgan fingerprint density at radius 2 is 0.793 bits per heavy atom. The van der Waals surface area contributed by atoms with Gasteiger partial charge in [0.1, 0.15) is 11.3 Å². The van der Waals surface area contributed by atoms with E-state index in [2.05, 4.69) is 221 Å². The van der Waals surface area contributed by atoms with Crippen molar-refractivity contribution >= 4 is 33.0 Å². The normalized spacial score (nSPS) is 11.4. The van der Waals surface area contributed by atoms with Crippen molar-refractivity contribution in [3.63, 3.8) is 0 Å². The third kappa shape index (κ3) is 5.78. The summed E-state index contributed by atoms with van der Waals surface area (Å²) in [6.45, 7) is 0. The smallest absolute Gasteiger partial charge is 0.167 e. The molecule has 8 aromatic carbocycles. The molecule has 0 N–H and O–H groups in total. The number of aromatic nitrogens is 4. The van der Waals surface area contributed by atoms with Crippen molar-refractivity contribution in [2.75, 3.05) is 0 Å². The van der Waals surface area contributed by atoms with E-state index in [4.69, 9.17) is 9.97 Å². The predicted octanol–water partition coefficient (Wildman–Crippen LogP) is 13.9. The number of benzene rings is 8. The Balaban J connectivity index is 1.13. The van der Waals surface area contributed by atoms with E-state index in [0.29, 0.717) is 0 Å². The number of hydrogen-bond acceptors (Lipinski definition) is 2. The van der Waals surface area contributed by atoms with Crippen LogP contribution in [0.25, 0.3) is 100 Å². The average Bonchev–Trinajstić information content (AvgIpc) is 3.87. The summed E-state index contributed by atoms with van der Waals surface area (Å²) >= 11 is 0. The van der Waals surface area contributed by atoms with Gasteiger partial charge in [0.25, 0.3) is 0 Å². The second-order valence-corrected chi connectivity index (χ2v) is 14.7. The molecule has 0 aliphatic heterocycles. The van der Waals surface area contributed by atoms with Gasteiger partial charge in [0.15, 0.2) is 5.65 Å². The third-order valence-electron chi connectivity index (χ3n) is 11.2. The fourth-order valence-corrected chi connectivity index (χ4v) is 8.42. The van der Waals surface area contributed by atoms with Crippen molar-refractivity contribution in [3.05, 3.63) is 219 Å². The first kappa shape index (κ1) is 33.5. The number of para-hydroxylation sites is 2. The fraction of sp³-hybridized carbons (Fsp3) is 0. The van der Waals surface area contributed by atoms with E-state index in [1.54, 1.807) is 0 Å². The number of pyridine rings is 1. The molecular weight excluding hydrogens is 705 g/mol. The second kappa shape index (κ2) is 14.0. The highest BCUT2D eigenvalue weighted by atomic mass is 15.1. The van der Waals surface area contributed by atoms with E-state index in [9.17, 15) is 0 Å². The van der Waals surface area contributed by atoms with E-state index in [-0.39, 0.29) is 0 Å². The van der Waals surface area contributed by atoms with E-state index in [1.165, 1.54) is 38.6 Å². The first-order valence-corrected chi connectivity index (χ1v) is 19.7. The van der Waals surface area contributed by atoms with Crippen LogP contribution in [-0.2, 0) is 0 Å². The lowest BCUT2D eigenvalue weighted by molar-refractivity contribution is 1.08. The molecule has 0 radical (unpaired) electrons. The molecule has 0 aliphatic rings. The summed E-state index contributed by atoms with van der Waals surface area (Å²) in [6, 6.07) is 75.5. The molecule has 0 saturated heterocycles. The summed E-state index contributed by atoms with van der Waals surface area (Å²) in [5.74, 6) is 0.829. The van der Waals surface area contributed by atoms with Crippen LogP contribution >= 0.6 is 0 Å². The van der Waals surface area contributed by atoms with E-state index < -0.39 is 0 Å². The van der Waals surface area contributed by atoms with Crippen molar-refractivity contribution in [1.29, 1.82) is 0 Å². The second-order valence-electron chi connectivity index (χ2n) is 14.7. The largest absolute Gasteiger partial charge is 0.307 e. The van der Waals surface area contributed by atoms with Gasteiger partial charge in [-0.25, -0.2) is 9.97 Å². The topological polar surface area (TPSA) is 35.6 Å². The van der Waals surface area contributed by atoms with Crippen molar-refractivity contribution in [2.45, 2.75) is 0 Å². The number of hydrogen-bond donors (Lipinski definition) is 0. The zero-order valence-corrected chi connectivity index (χ0v) is 31.6. The van der Waals surface area contributed by atoms with Gasteiger partial charge in [-0.1, -0.05) is 164 Å². The highest BCUT2D eigenvalue weighted by molar-refractivity contribution is 6.10. The Labute approximate surface area is 336 Å². The van der Waals surface area contributed by atoms with Gasteiger partial charge in [0, 0.05) is 28.2 Å². The molecule has 0 bridgehead atoms. The summed E-state index contributed by atoms with van der Waals surface area (Å²) in [7, 11) is 0. The van der Waals surface area contributed by atoms with Gasteiger partial charge in [-0.15, -0.1) is 0 Å². The van der Waals surface area contributed by atoms with Crippen molar-refractivity contribution in [1.82, 2.24) is 19.1 Å². The van der Waals surface area contributed by atoms with Crippen molar-refractivity contribution in [2.24, 2.45) is 0 Å². The standard InChI is InChI=1S/C54H36N4/c1-4-15-37(16-5-1)40-27-29-41(30-28-40)53-56-52-51(58-49-25-12-10-23-47(49)48-24-11-13-26-50(48)58)31-32-55-54(52)57(53)46-22-14-21-42(36-46)45-34-43(38-17-6-2-7-18-38)33-44(35-45)39-19-8-3-9-20-39/h1-36H. The van der Waals surface area contributed by atoms with Crippen LogP contribution in [0.2, 0.25) is 0 Å². The third-order valence-corrected chi connectivity index (χ3v) is 11.2. The molecule has 0 spiro atoms. The van der Waals surface area contributed by atoms with Crippen LogP contribution < -0.4 is 0 Å². The maximum Gasteiger partial charge on any atom is 0.167 e. The van der Waals surface area contributed by atoms with Crippen LogP contribution in [0.5, 0.6) is 0 Å². The molecular formula is C54H36N4. The molecule has 4 nitrogen and oxygen atoms in total. The molecule has 0 saturated carbocycles. The van der Waals surface area contributed by atoms with Gasteiger partial charge in [-0.3, -0.25) is 4.57 Å². The van der Waals surface area contributed by atoms with Gasteiger partial charge in [-0.2, -0.15) is 0 Å². The van der Waals surface area contributed by atoms with Gasteiger partial charge < -0.3 is 4.57 Å². The molecule has 4 heteroatoms. The Morgan fingerprint density at radius 1 is 0.328 bits per heavy atom. The zero-order chi connectivity index (χ0) is 38.4. The molecule has 11 aromatic rings. The van der Waals surface area contributed by atoms with Crippen molar-refractivity contribution in [3.8, 4) is 67.3 Å². The number of nitrogens with zero attached hydrogens (tertiary/aromatic N) is 4. The monoisotopic (exact) mass is 740 g/mol. The van der Waals surface area contributed by atoms with Crippen LogP contribution in [0.15, 0.2) is 219 Å². The minimum Gasteiger partial charge on any atom is -0.307 e. The Morgan fingerprint density at radius 3 is 1.38 bits per heavy atom. The molecule has 0 atom stereocenters. The van der Waals surface area contributed by atoms with Gasteiger partial charge in [-0.05, 0) is 93.0 Å². The summed E-state index contributed by atoms with van der Waals surface area (Å²) in [4.78, 5) is 10.6. The molecule has 272 valence electrons. The predicted molar refractivity (Wildman–Crippen MR) is 240 cm³/mol. The SMILES string of the molecule is c1ccc(-c2ccc(-c3nc4c(-n5c6ccccc6c6ccccc65)ccnc4n3-c3cccc(-c4cc(-c5ccccc5)cc(-c5ccccc5)c4)c3)cc2)cc1. The van der Waals surface area contributed by atoms with Gasteiger partial charge >= 0.3 is 0 Å². The molecule has 3 aromatic heterocycles. The summed E-state index contributed by atoms with van der Waals surface area (Å²) in [6.07, 6.45) is 1.92. The summed E-state index contributed by atoms with van der Waals surface area (Å²) < 4.78 is 4.57. The first-order chi connectivity index (χ1) is 28.8. The Hall–Kier alpha value is -7.82. The van der Waals surface area contributed by atoms with Crippen LogP contribution in [0, 0.1) is 0 Å². The first-order valence-electron chi connectivity index (χ1n) is 19.7. The average molecular weight is 741 g/mol. The van der Waals surface area contributed by atoms with Crippen molar-refractivity contribution < 1.29 is 0 Å².